The number of carbonyl (C=O) groups excluding carboxylic acids is 1. The van der Waals surface area contributed by atoms with Gasteiger partial charge in [0.15, 0.2) is 16.6 Å². The predicted molar refractivity (Wildman–Crippen MR) is 125 cm³/mol. The van der Waals surface area contributed by atoms with E-state index in [9.17, 15) is 9.18 Å². The van der Waals surface area contributed by atoms with E-state index >= 15 is 0 Å². The Morgan fingerprint density at radius 1 is 1.18 bits per heavy atom. The number of amides is 1. The summed E-state index contributed by atoms with van der Waals surface area (Å²) in [7, 11) is 0. The Labute approximate surface area is 195 Å². The van der Waals surface area contributed by atoms with Crippen LogP contribution in [0, 0.1) is 5.82 Å². The van der Waals surface area contributed by atoms with Crippen molar-refractivity contribution >= 4 is 32.6 Å². The Balaban J connectivity index is 1.39. The molecule has 0 N–H and O–H groups in total. The minimum absolute atomic E-state index is 0.210. The van der Waals surface area contributed by atoms with Gasteiger partial charge in [-0.2, -0.15) is 0 Å². The zero-order valence-electron chi connectivity index (χ0n) is 18.4. The smallest absolute Gasteiger partial charge is 0.273 e. The van der Waals surface area contributed by atoms with E-state index in [0.717, 1.165) is 39.3 Å². The fourth-order valence-electron chi connectivity index (χ4n) is 4.12. The molecule has 0 spiro atoms. The highest BCUT2D eigenvalue weighted by Crippen LogP contribution is 2.35. The van der Waals surface area contributed by atoms with Crippen molar-refractivity contribution in [2.24, 2.45) is 0 Å². The summed E-state index contributed by atoms with van der Waals surface area (Å²) >= 11 is 1.31. The lowest BCUT2D eigenvalue weighted by molar-refractivity contribution is -0.130. The molecule has 3 aromatic rings. The molecule has 7 nitrogen and oxygen atoms in total. The summed E-state index contributed by atoms with van der Waals surface area (Å²) < 4.78 is 31.9. The van der Waals surface area contributed by atoms with Gasteiger partial charge < -0.3 is 14.2 Å². The number of benzene rings is 2. The van der Waals surface area contributed by atoms with Crippen molar-refractivity contribution in [2.45, 2.75) is 25.6 Å². The first-order valence-corrected chi connectivity index (χ1v) is 12.0. The van der Waals surface area contributed by atoms with Gasteiger partial charge in [0.25, 0.3) is 5.91 Å². The summed E-state index contributed by atoms with van der Waals surface area (Å²) in [5, 5.41) is 0.539. The van der Waals surface area contributed by atoms with Gasteiger partial charge in [-0.3, -0.25) is 14.6 Å². The molecule has 2 aromatic carbocycles. The van der Waals surface area contributed by atoms with E-state index in [1.54, 1.807) is 17.0 Å². The van der Waals surface area contributed by atoms with Crippen LogP contribution in [0.1, 0.15) is 13.3 Å². The summed E-state index contributed by atoms with van der Waals surface area (Å²) in [5.41, 5.74) is 0.668. The number of thiazole rings is 1. The molecule has 1 fully saturated rings. The molecule has 5 rings (SSSR count). The molecule has 0 radical (unpaired) electrons. The maximum Gasteiger partial charge on any atom is 0.273 e. The molecule has 33 heavy (non-hydrogen) atoms. The highest BCUT2D eigenvalue weighted by atomic mass is 32.1. The number of morpholine rings is 1. The van der Waals surface area contributed by atoms with E-state index in [4.69, 9.17) is 14.2 Å². The topological polar surface area (TPSA) is 64.1 Å². The van der Waals surface area contributed by atoms with Crippen molar-refractivity contribution in [3.63, 3.8) is 0 Å². The second-order valence-corrected chi connectivity index (χ2v) is 9.22. The van der Waals surface area contributed by atoms with E-state index in [1.807, 2.05) is 25.1 Å². The fourth-order valence-corrected chi connectivity index (χ4v) is 5.15. The lowest BCUT2D eigenvalue weighted by Crippen LogP contribution is -2.51. The fraction of sp³-hybridized carbons (Fsp3) is 0.417. The molecule has 1 saturated heterocycles. The number of hydrogen-bond acceptors (Lipinski definition) is 7. The van der Waals surface area contributed by atoms with Crippen LogP contribution in [0.5, 0.6) is 11.5 Å². The number of halogens is 1. The lowest BCUT2D eigenvalue weighted by atomic mass is 10.1. The summed E-state index contributed by atoms with van der Waals surface area (Å²) in [6.45, 7) is 6.41. The molecule has 2 aliphatic heterocycles. The summed E-state index contributed by atoms with van der Waals surface area (Å²) in [6.07, 6.45) is -0.484. The first-order chi connectivity index (χ1) is 16.1. The standard InChI is InChI=1S/C24H26FN3O4S/c1-16-22(32-20-6-3-2-5-19(20)31-16)23(29)28(10-4-9-27-11-13-30-14-12-27)24-26-18-8-7-17(25)15-21(18)33-24/h2-3,5-8,15-16,22H,4,9-14H2,1H3. The highest BCUT2D eigenvalue weighted by Gasteiger charge is 2.38. The summed E-state index contributed by atoms with van der Waals surface area (Å²) in [6, 6.07) is 11.8. The Morgan fingerprint density at radius 2 is 1.94 bits per heavy atom. The Bertz CT molecular complexity index is 1130. The maximum absolute atomic E-state index is 13.7. The molecule has 2 unspecified atom stereocenters. The van der Waals surface area contributed by atoms with Crippen LogP contribution in [-0.2, 0) is 9.53 Å². The number of fused-ring (bicyclic) bond motifs is 2. The number of nitrogens with zero attached hydrogens (tertiary/aromatic N) is 3. The molecule has 1 amide bonds. The molecule has 0 bridgehead atoms. The average Bonchev–Trinajstić information content (AvgIpc) is 3.24. The van der Waals surface area contributed by atoms with Crippen molar-refractivity contribution < 1.29 is 23.4 Å². The van der Waals surface area contributed by atoms with Crippen molar-refractivity contribution in [3.05, 3.63) is 48.3 Å². The first kappa shape index (κ1) is 22.1. The quantitative estimate of drug-likeness (QED) is 0.546. The first-order valence-electron chi connectivity index (χ1n) is 11.2. The van der Waals surface area contributed by atoms with E-state index in [2.05, 4.69) is 9.88 Å². The number of ether oxygens (including phenoxy) is 3. The molecule has 9 heteroatoms. The predicted octanol–water partition coefficient (Wildman–Crippen LogP) is 3.72. The third kappa shape index (κ3) is 4.80. The second kappa shape index (κ2) is 9.62. The van der Waals surface area contributed by atoms with Crippen LogP contribution in [-0.4, -0.2) is 67.4 Å². The molecule has 0 saturated carbocycles. The Hall–Kier alpha value is -2.75. The van der Waals surface area contributed by atoms with Crippen LogP contribution in [0.3, 0.4) is 0 Å². The largest absolute Gasteiger partial charge is 0.482 e. The van der Waals surface area contributed by atoms with Crippen LogP contribution in [0.2, 0.25) is 0 Å². The number of para-hydroxylation sites is 2. The lowest BCUT2D eigenvalue weighted by Gasteiger charge is -2.34. The molecule has 174 valence electrons. The van der Waals surface area contributed by atoms with Gasteiger partial charge in [0.05, 0.1) is 23.4 Å². The van der Waals surface area contributed by atoms with Gasteiger partial charge in [-0.25, -0.2) is 9.37 Å². The number of carbonyl (C=O) groups is 1. The SMILES string of the molecule is CC1Oc2ccccc2OC1C(=O)N(CCCN1CCOCC1)c1nc2ccc(F)cc2s1. The number of aromatic nitrogens is 1. The van der Waals surface area contributed by atoms with Crippen LogP contribution in [0.25, 0.3) is 10.2 Å². The van der Waals surface area contributed by atoms with Crippen LogP contribution < -0.4 is 14.4 Å². The minimum Gasteiger partial charge on any atom is -0.482 e. The van der Waals surface area contributed by atoms with E-state index in [0.29, 0.717) is 33.4 Å². The van der Waals surface area contributed by atoms with Crippen LogP contribution in [0.4, 0.5) is 9.52 Å². The van der Waals surface area contributed by atoms with Gasteiger partial charge in [-0.1, -0.05) is 23.5 Å². The third-order valence-electron chi connectivity index (χ3n) is 5.88. The monoisotopic (exact) mass is 471 g/mol. The average molecular weight is 472 g/mol. The molecule has 2 atom stereocenters. The number of anilines is 1. The number of hydrogen-bond donors (Lipinski definition) is 0. The zero-order valence-corrected chi connectivity index (χ0v) is 19.2. The molecular formula is C24H26FN3O4S. The van der Waals surface area contributed by atoms with Crippen LogP contribution in [0.15, 0.2) is 42.5 Å². The van der Waals surface area contributed by atoms with Crippen molar-refractivity contribution in [3.8, 4) is 11.5 Å². The van der Waals surface area contributed by atoms with Gasteiger partial charge in [0.2, 0.25) is 6.10 Å². The van der Waals surface area contributed by atoms with Crippen molar-refractivity contribution in [2.75, 3.05) is 44.3 Å². The maximum atomic E-state index is 13.7. The normalized spacial score (nSPS) is 20.7. The van der Waals surface area contributed by atoms with E-state index in [-0.39, 0.29) is 11.7 Å². The second-order valence-electron chi connectivity index (χ2n) is 8.21. The zero-order chi connectivity index (χ0) is 22.8. The molecule has 1 aromatic heterocycles. The third-order valence-corrected chi connectivity index (χ3v) is 6.92. The van der Waals surface area contributed by atoms with Crippen molar-refractivity contribution in [1.29, 1.82) is 0 Å². The molecular weight excluding hydrogens is 445 g/mol. The van der Waals surface area contributed by atoms with Crippen molar-refractivity contribution in [1.82, 2.24) is 9.88 Å². The molecule has 3 heterocycles. The summed E-state index contributed by atoms with van der Waals surface area (Å²) in [5.74, 6) is 0.646. The van der Waals surface area contributed by atoms with Gasteiger partial charge >= 0.3 is 0 Å². The van der Waals surface area contributed by atoms with E-state index in [1.165, 1.54) is 23.5 Å². The molecule has 0 aliphatic carbocycles. The summed E-state index contributed by atoms with van der Waals surface area (Å²) in [4.78, 5) is 22.4. The Kier molecular flexibility index (Phi) is 6.43. The van der Waals surface area contributed by atoms with E-state index < -0.39 is 12.2 Å². The highest BCUT2D eigenvalue weighted by molar-refractivity contribution is 7.22. The number of rotatable bonds is 6. The van der Waals surface area contributed by atoms with Gasteiger partial charge in [-0.15, -0.1) is 0 Å². The van der Waals surface area contributed by atoms with Gasteiger partial charge in [-0.05, 0) is 43.7 Å². The van der Waals surface area contributed by atoms with Gasteiger partial charge in [0, 0.05) is 26.2 Å². The van der Waals surface area contributed by atoms with Crippen LogP contribution >= 0.6 is 11.3 Å². The Morgan fingerprint density at radius 3 is 2.73 bits per heavy atom. The van der Waals surface area contributed by atoms with Gasteiger partial charge in [0.1, 0.15) is 11.9 Å². The molecule has 2 aliphatic rings. The minimum atomic E-state index is -0.799.